The van der Waals surface area contributed by atoms with E-state index in [2.05, 4.69) is 13.8 Å². The first kappa shape index (κ1) is 22.4. The average molecular weight is 470 g/mol. The van der Waals surface area contributed by atoms with Crippen LogP contribution in [0.5, 0.6) is 5.75 Å². The van der Waals surface area contributed by atoms with E-state index in [9.17, 15) is 14.7 Å². The van der Waals surface area contributed by atoms with Gasteiger partial charge in [-0.2, -0.15) is 0 Å². The molecule has 0 spiro atoms. The SMILES string of the molecule is CC1CC2C[C@@H](C)CC(COc3cc(F)c(C(=O)N4CCC5C[C@@]54C(=O)O)cc3C3CC3)(C1)C2. The highest BCUT2D eigenvalue weighted by atomic mass is 19.1. The summed E-state index contributed by atoms with van der Waals surface area (Å²) in [5.41, 5.74) is -0.0424. The highest BCUT2D eigenvalue weighted by Crippen LogP contribution is 2.57. The molecule has 1 aromatic carbocycles. The van der Waals surface area contributed by atoms with Crippen molar-refractivity contribution in [3.05, 3.63) is 29.1 Å². The number of aliphatic carboxylic acids is 1. The number of halogens is 1. The molecule has 1 N–H and O–H groups in total. The Morgan fingerprint density at radius 1 is 1.09 bits per heavy atom. The zero-order valence-electron chi connectivity index (χ0n) is 20.3. The van der Waals surface area contributed by atoms with Crippen molar-refractivity contribution >= 4 is 11.9 Å². The Balaban J connectivity index is 1.26. The number of carbonyl (C=O) groups excluding carboxylic acids is 1. The van der Waals surface area contributed by atoms with E-state index in [0.717, 1.165) is 24.3 Å². The number of likely N-dealkylation sites (tertiary alicyclic amines) is 1. The van der Waals surface area contributed by atoms with Crippen LogP contribution < -0.4 is 4.74 Å². The molecule has 6 rings (SSSR count). The van der Waals surface area contributed by atoms with Crippen LogP contribution in [0.2, 0.25) is 0 Å². The predicted octanol–water partition coefficient (Wildman–Crippen LogP) is 5.62. The maximum atomic E-state index is 15.3. The minimum absolute atomic E-state index is 0.00127. The summed E-state index contributed by atoms with van der Waals surface area (Å²) in [5.74, 6) is 0.986. The van der Waals surface area contributed by atoms with E-state index in [-0.39, 0.29) is 16.9 Å². The lowest BCUT2D eigenvalue weighted by atomic mass is 9.57. The highest BCUT2D eigenvalue weighted by Gasteiger charge is 2.69. The van der Waals surface area contributed by atoms with E-state index in [1.54, 1.807) is 6.07 Å². The topological polar surface area (TPSA) is 66.8 Å². The molecule has 5 aliphatic rings. The fourth-order valence-electron chi connectivity index (χ4n) is 8.17. The first-order valence-corrected chi connectivity index (χ1v) is 13.2. The summed E-state index contributed by atoms with van der Waals surface area (Å²) in [4.78, 5) is 26.6. The molecule has 34 heavy (non-hydrogen) atoms. The van der Waals surface area contributed by atoms with Gasteiger partial charge in [0, 0.05) is 18.0 Å². The second-order valence-electron chi connectivity index (χ2n) is 12.5. The number of carbonyl (C=O) groups is 2. The summed E-state index contributed by atoms with van der Waals surface area (Å²) in [6, 6.07) is 3.07. The van der Waals surface area contributed by atoms with Crippen molar-refractivity contribution in [3.63, 3.8) is 0 Å². The zero-order valence-corrected chi connectivity index (χ0v) is 20.3. The van der Waals surface area contributed by atoms with Gasteiger partial charge in [0.25, 0.3) is 5.91 Å². The van der Waals surface area contributed by atoms with Crippen molar-refractivity contribution in [1.82, 2.24) is 4.90 Å². The third-order valence-corrected chi connectivity index (χ3v) is 9.51. The molecular formula is C28H36FNO4. The summed E-state index contributed by atoms with van der Waals surface area (Å²) >= 11 is 0. The van der Waals surface area contributed by atoms with Gasteiger partial charge in [-0.1, -0.05) is 13.8 Å². The van der Waals surface area contributed by atoms with Gasteiger partial charge in [-0.05, 0) is 99.0 Å². The molecule has 0 radical (unpaired) electrons. The average Bonchev–Trinajstić information content (AvgIpc) is 3.68. The Morgan fingerprint density at radius 2 is 1.79 bits per heavy atom. The van der Waals surface area contributed by atoms with Gasteiger partial charge in [0.05, 0.1) is 12.2 Å². The van der Waals surface area contributed by atoms with Crippen LogP contribution in [0.15, 0.2) is 12.1 Å². The standard InChI is InChI=1S/C28H36FNO4/c1-16-7-18-8-17(2)12-27(11-16,13-18)15-34-24-10-23(29)22(9-21(24)19-3-4-19)25(31)30-6-5-20-14-28(20,30)26(32)33/h9-10,16-20H,3-8,11-15H2,1-2H3,(H,32,33)/t16-,17?,18?,20?,27?,28+/m1/s1. The van der Waals surface area contributed by atoms with Crippen LogP contribution >= 0.6 is 0 Å². The Labute approximate surface area is 201 Å². The van der Waals surface area contributed by atoms with E-state index in [1.165, 1.54) is 43.1 Å². The number of amides is 1. The quantitative estimate of drug-likeness (QED) is 0.587. The third-order valence-electron chi connectivity index (χ3n) is 9.51. The molecule has 6 heteroatoms. The Bertz CT molecular complexity index is 1020. The maximum absolute atomic E-state index is 15.3. The molecule has 5 fully saturated rings. The molecule has 1 aromatic rings. The van der Waals surface area contributed by atoms with E-state index in [1.807, 2.05) is 0 Å². The smallest absolute Gasteiger partial charge is 0.329 e. The lowest BCUT2D eigenvalue weighted by molar-refractivity contribution is -0.143. The number of piperidine rings is 1. The molecule has 1 saturated heterocycles. The van der Waals surface area contributed by atoms with E-state index < -0.39 is 23.2 Å². The van der Waals surface area contributed by atoms with E-state index >= 15 is 4.39 Å². The van der Waals surface area contributed by atoms with Gasteiger partial charge in [0.15, 0.2) is 0 Å². The van der Waals surface area contributed by atoms with Crippen molar-refractivity contribution < 1.29 is 23.8 Å². The molecule has 2 bridgehead atoms. The monoisotopic (exact) mass is 469 g/mol. The van der Waals surface area contributed by atoms with Gasteiger partial charge in [0.1, 0.15) is 17.1 Å². The molecule has 5 nitrogen and oxygen atoms in total. The number of carboxylic acid groups (broad SMARTS) is 1. The van der Waals surface area contributed by atoms with Crippen LogP contribution in [0.1, 0.15) is 93.5 Å². The van der Waals surface area contributed by atoms with Crippen LogP contribution in [0.25, 0.3) is 0 Å². The van der Waals surface area contributed by atoms with Crippen molar-refractivity contribution in [2.75, 3.05) is 13.2 Å². The van der Waals surface area contributed by atoms with Gasteiger partial charge in [-0.25, -0.2) is 9.18 Å². The molecule has 1 heterocycles. The summed E-state index contributed by atoms with van der Waals surface area (Å²) in [6.45, 7) is 5.69. The number of fused-ring (bicyclic) bond motifs is 3. The molecule has 1 amide bonds. The molecular weight excluding hydrogens is 433 g/mol. The van der Waals surface area contributed by atoms with Gasteiger partial charge in [0.2, 0.25) is 0 Å². The number of ether oxygens (including phenoxy) is 1. The number of hydrogen-bond acceptors (Lipinski definition) is 3. The fourth-order valence-corrected chi connectivity index (χ4v) is 8.17. The number of rotatable bonds is 6. The summed E-state index contributed by atoms with van der Waals surface area (Å²) in [5, 5.41) is 9.74. The van der Waals surface area contributed by atoms with E-state index in [4.69, 9.17) is 4.74 Å². The molecule has 1 aliphatic heterocycles. The van der Waals surface area contributed by atoms with Crippen molar-refractivity contribution in [2.45, 2.75) is 83.1 Å². The lowest BCUT2D eigenvalue weighted by Crippen LogP contribution is -2.45. The predicted molar refractivity (Wildman–Crippen MR) is 125 cm³/mol. The van der Waals surface area contributed by atoms with Crippen LogP contribution in [-0.2, 0) is 4.79 Å². The van der Waals surface area contributed by atoms with Crippen LogP contribution in [0, 0.1) is 34.9 Å². The lowest BCUT2D eigenvalue weighted by Gasteiger charge is -2.49. The first-order valence-electron chi connectivity index (χ1n) is 13.2. The van der Waals surface area contributed by atoms with Crippen LogP contribution in [0.4, 0.5) is 4.39 Å². The number of carboxylic acids is 1. The van der Waals surface area contributed by atoms with Gasteiger partial charge in [-0.3, -0.25) is 4.79 Å². The third kappa shape index (κ3) is 3.54. The Hall–Kier alpha value is -2.11. The second-order valence-corrected chi connectivity index (χ2v) is 12.5. The van der Waals surface area contributed by atoms with Gasteiger partial charge in [-0.15, -0.1) is 0 Å². The largest absolute Gasteiger partial charge is 0.493 e. The Kier molecular flexibility index (Phi) is 5.06. The summed E-state index contributed by atoms with van der Waals surface area (Å²) < 4.78 is 21.8. The minimum atomic E-state index is -1.12. The highest BCUT2D eigenvalue weighted by molar-refractivity contribution is 6.00. The van der Waals surface area contributed by atoms with Gasteiger partial charge < -0.3 is 14.7 Å². The van der Waals surface area contributed by atoms with Crippen molar-refractivity contribution in [1.29, 1.82) is 0 Å². The van der Waals surface area contributed by atoms with Crippen LogP contribution in [-0.4, -0.2) is 40.6 Å². The molecule has 4 saturated carbocycles. The number of hydrogen-bond donors (Lipinski definition) is 1. The van der Waals surface area contributed by atoms with Crippen molar-refractivity contribution in [3.8, 4) is 5.75 Å². The summed E-state index contributed by atoms with van der Waals surface area (Å²) in [6.07, 6.45) is 9.33. The molecule has 184 valence electrons. The molecule has 4 aliphatic carbocycles. The fraction of sp³-hybridized carbons (Fsp3) is 0.714. The Morgan fingerprint density at radius 3 is 2.41 bits per heavy atom. The first-order chi connectivity index (χ1) is 16.2. The normalized spacial score (nSPS) is 38.4. The molecule has 0 aromatic heterocycles. The summed E-state index contributed by atoms with van der Waals surface area (Å²) in [7, 11) is 0. The zero-order chi connectivity index (χ0) is 23.8. The number of nitrogens with zero attached hydrogens (tertiary/aromatic N) is 1. The number of benzene rings is 1. The molecule has 4 unspecified atom stereocenters. The van der Waals surface area contributed by atoms with Crippen LogP contribution in [0.3, 0.4) is 0 Å². The second kappa shape index (κ2) is 7.69. The van der Waals surface area contributed by atoms with E-state index in [0.29, 0.717) is 49.5 Å². The van der Waals surface area contributed by atoms with Crippen molar-refractivity contribution in [2.24, 2.45) is 29.1 Å². The maximum Gasteiger partial charge on any atom is 0.329 e. The minimum Gasteiger partial charge on any atom is -0.493 e. The molecule has 6 atom stereocenters. The van der Waals surface area contributed by atoms with Gasteiger partial charge >= 0.3 is 5.97 Å².